The molecule has 2 heterocycles. The number of rotatable bonds is 1. The van der Waals surface area contributed by atoms with Crippen molar-refractivity contribution in [2.75, 3.05) is 0 Å². The van der Waals surface area contributed by atoms with Gasteiger partial charge in [0.2, 0.25) is 5.91 Å². The summed E-state index contributed by atoms with van der Waals surface area (Å²) < 4.78 is 0. The molecule has 5 heteroatoms. The number of amides is 1. The molecule has 1 aromatic carbocycles. The third-order valence-corrected chi connectivity index (χ3v) is 4.83. The zero-order chi connectivity index (χ0) is 15.1. The minimum Gasteiger partial charge on any atom is -0.505 e. The number of piperazine rings is 1. The van der Waals surface area contributed by atoms with Crippen LogP contribution in [0.3, 0.4) is 0 Å². The van der Waals surface area contributed by atoms with Crippen LogP contribution in [0.5, 0.6) is 5.75 Å². The van der Waals surface area contributed by atoms with Crippen molar-refractivity contribution in [3.8, 4) is 5.75 Å². The van der Waals surface area contributed by atoms with Gasteiger partial charge in [0.05, 0.1) is 0 Å². The molecule has 114 valence electrons. The molecule has 1 saturated carbocycles. The Bertz CT molecular complexity index is 731. The van der Waals surface area contributed by atoms with Gasteiger partial charge in [-0.1, -0.05) is 31.0 Å². The summed E-state index contributed by atoms with van der Waals surface area (Å²) in [6.07, 6.45) is 6.09. The van der Waals surface area contributed by atoms with Crippen molar-refractivity contribution < 1.29 is 9.90 Å². The molecular weight excluding hydrogens is 278 g/mol. The molecule has 0 spiro atoms. The number of hydrogen-bond acceptors (Lipinski definition) is 4. The zero-order valence-corrected chi connectivity index (χ0v) is 12.2. The molecule has 5 nitrogen and oxygen atoms in total. The van der Waals surface area contributed by atoms with E-state index in [1.807, 2.05) is 24.3 Å². The Morgan fingerprint density at radius 3 is 2.82 bits per heavy atom. The predicted molar refractivity (Wildman–Crippen MR) is 83.5 cm³/mol. The lowest BCUT2D eigenvalue weighted by atomic mass is 9.86. The second kappa shape index (κ2) is 5.25. The first-order valence-electron chi connectivity index (χ1n) is 7.87. The van der Waals surface area contributed by atoms with Gasteiger partial charge in [0.25, 0.3) is 0 Å². The maximum absolute atomic E-state index is 12.4. The number of nitrogens with one attached hydrogen (secondary N) is 2. The highest BCUT2D eigenvalue weighted by molar-refractivity contribution is 5.90. The smallest absolute Gasteiger partial charge is 0.242 e. The van der Waals surface area contributed by atoms with E-state index in [1.165, 1.54) is 12.8 Å². The van der Waals surface area contributed by atoms with Crippen LogP contribution in [0.15, 0.2) is 30.5 Å². The van der Waals surface area contributed by atoms with Gasteiger partial charge in [0.1, 0.15) is 17.3 Å². The fourth-order valence-corrected chi connectivity index (χ4v) is 3.67. The molecule has 1 aromatic heterocycles. The number of fused-ring (bicyclic) bond motifs is 2. The van der Waals surface area contributed by atoms with Gasteiger partial charge in [-0.2, -0.15) is 0 Å². The summed E-state index contributed by atoms with van der Waals surface area (Å²) >= 11 is 0. The van der Waals surface area contributed by atoms with Crippen LogP contribution in [-0.2, 0) is 4.79 Å². The first-order valence-corrected chi connectivity index (χ1v) is 7.87. The van der Waals surface area contributed by atoms with E-state index in [2.05, 4.69) is 15.6 Å². The second-order valence-electron chi connectivity index (χ2n) is 6.18. The number of benzene rings is 1. The number of phenols is 1. The maximum Gasteiger partial charge on any atom is 0.242 e. The van der Waals surface area contributed by atoms with E-state index in [-0.39, 0.29) is 23.7 Å². The Kier molecular flexibility index (Phi) is 3.22. The van der Waals surface area contributed by atoms with Crippen molar-refractivity contribution in [2.24, 2.45) is 0 Å². The lowest BCUT2D eigenvalue weighted by Crippen LogP contribution is -2.61. The molecule has 22 heavy (non-hydrogen) atoms. The maximum atomic E-state index is 12.4. The van der Waals surface area contributed by atoms with E-state index in [9.17, 15) is 9.90 Å². The van der Waals surface area contributed by atoms with Crippen LogP contribution in [0.2, 0.25) is 0 Å². The lowest BCUT2D eigenvalue weighted by Gasteiger charge is -2.40. The number of pyridine rings is 1. The number of carbonyl (C=O) groups excluding carboxylic acids is 1. The first-order chi connectivity index (χ1) is 10.7. The number of nitrogens with zero attached hydrogens (tertiary/aromatic N) is 1. The Morgan fingerprint density at radius 2 is 1.95 bits per heavy atom. The Morgan fingerprint density at radius 1 is 1.14 bits per heavy atom. The van der Waals surface area contributed by atoms with Crippen molar-refractivity contribution in [3.05, 3.63) is 36.0 Å². The lowest BCUT2D eigenvalue weighted by molar-refractivity contribution is -0.127. The third kappa shape index (κ3) is 2.13. The van der Waals surface area contributed by atoms with E-state index in [0.717, 1.165) is 18.2 Å². The van der Waals surface area contributed by atoms with E-state index in [0.29, 0.717) is 11.1 Å². The highest BCUT2D eigenvalue weighted by Gasteiger charge is 2.38. The fraction of sp³-hybridized carbons (Fsp3) is 0.412. The summed E-state index contributed by atoms with van der Waals surface area (Å²) in [5.41, 5.74) is 1.15. The van der Waals surface area contributed by atoms with Crippen molar-refractivity contribution in [1.29, 1.82) is 0 Å². The monoisotopic (exact) mass is 297 g/mol. The number of phenolic OH excluding ortho intramolecular Hbond substituents is 1. The molecule has 1 aliphatic carbocycles. The summed E-state index contributed by atoms with van der Waals surface area (Å²) in [5, 5.41) is 17.9. The van der Waals surface area contributed by atoms with Crippen molar-refractivity contribution in [3.63, 3.8) is 0 Å². The van der Waals surface area contributed by atoms with Gasteiger partial charge in [0, 0.05) is 29.2 Å². The second-order valence-corrected chi connectivity index (χ2v) is 6.18. The van der Waals surface area contributed by atoms with Crippen LogP contribution < -0.4 is 10.6 Å². The Hall–Kier alpha value is -2.14. The van der Waals surface area contributed by atoms with Crippen LogP contribution in [-0.4, -0.2) is 28.1 Å². The van der Waals surface area contributed by atoms with E-state index >= 15 is 0 Å². The first kappa shape index (κ1) is 13.5. The molecule has 2 aliphatic rings. The molecule has 1 saturated heterocycles. The van der Waals surface area contributed by atoms with Crippen molar-refractivity contribution >= 4 is 16.8 Å². The Labute approximate surface area is 128 Å². The summed E-state index contributed by atoms with van der Waals surface area (Å²) in [7, 11) is 0. The SMILES string of the molecule is O=C1N[C@@H]2CCCC[C@H]2NC1c1ccc2cccnc2c1O. The molecule has 1 unspecified atom stereocenters. The molecule has 0 bridgehead atoms. The van der Waals surface area contributed by atoms with Gasteiger partial charge in [-0.25, -0.2) is 0 Å². The molecule has 2 fully saturated rings. The van der Waals surface area contributed by atoms with E-state index in [1.54, 1.807) is 6.20 Å². The van der Waals surface area contributed by atoms with Crippen LogP contribution in [0.1, 0.15) is 37.3 Å². The molecular formula is C17H19N3O2. The minimum atomic E-state index is -0.509. The average molecular weight is 297 g/mol. The highest BCUT2D eigenvalue weighted by atomic mass is 16.3. The predicted octanol–water partition coefficient (Wildman–Crippen LogP) is 2.01. The van der Waals surface area contributed by atoms with E-state index in [4.69, 9.17) is 0 Å². The Balaban J connectivity index is 1.71. The largest absolute Gasteiger partial charge is 0.505 e. The normalized spacial score (nSPS) is 28.2. The van der Waals surface area contributed by atoms with E-state index < -0.39 is 6.04 Å². The number of hydrogen-bond donors (Lipinski definition) is 3. The number of carbonyl (C=O) groups is 1. The number of aromatic nitrogens is 1. The molecule has 3 N–H and O–H groups in total. The van der Waals surface area contributed by atoms with Gasteiger partial charge in [-0.05, 0) is 18.9 Å². The van der Waals surface area contributed by atoms with Gasteiger partial charge in [-0.15, -0.1) is 0 Å². The summed E-state index contributed by atoms with van der Waals surface area (Å²) in [6.45, 7) is 0. The van der Waals surface area contributed by atoms with Crippen molar-refractivity contribution in [1.82, 2.24) is 15.6 Å². The van der Waals surface area contributed by atoms with Gasteiger partial charge in [-0.3, -0.25) is 15.1 Å². The standard InChI is InChI=1S/C17H19N3O2/c21-16-11(8-7-10-4-3-9-18-14(10)16)15-17(22)20-13-6-2-1-5-12(13)19-15/h3-4,7-9,12-13,15,19,21H,1-2,5-6H2,(H,20,22)/t12-,13-,15?/m1/s1. The van der Waals surface area contributed by atoms with Crippen LogP contribution in [0.4, 0.5) is 0 Å². The fourth-order valence-electron chi connectivity index (χ4n) is 3.67. The van der Waals surface area contributed by atoms with Gasteiger partial charge >= 0.3 is 0 Å². The van der Waals surface area contributed by atoms with Crippen LogP contribution in [0, 0.1) is 0 Å². The summed E-state index contributed by atoms with van der Waals surface area (Å²) in [4.78, 5) is 16.7. The molecule has 4 rings (SSSR count). The summed E-state index contributed by atoms with van der Waals surface area (Å²) in [5.74, 6) is 0.0359. The molecule has 0 radical (unpaired) electrons. The van der Waals surface area contributed by atoms with Gasteiger partial charge in [0.15, 0.2) is 0 Å². The van der Waals surface area contributed by atoms with Crippen LogP contribution >= 0.6 is 0 Å². The van der Waals surface area contributed by atoms with Crippen molar-refractivity contribution in [2.45, 2.75) is 43.8 Å². The summed E-state index contributed by atoms with van der Waals surface area (Å²) in [6, 6.07) is 7.45. The molecule has 1 amide bonds. The molecule has 2 aromatic rings. The van der Waals surface area contributed by atoms with Gasteiger partial charge < -0.3 is 10.4 Å². The minimum absolute atomic E-state index is 0.0614. The topological polar surface area (TPSA) is 74.2 Å². The molecule has 1 aliphatic heterocycles. The van der Waals surface area contributed by atoms with Crippen LogP contribution in [0.25, 0.3) is 10.9 Å². The molecule has 3 atom stereocenters. The highest BCUT2D eigenvalue weighted by Crippen LogP contribution is 2.34. The quantitative estimate of drug-likeness (QED) is 0.753. The third-order valence-electron chi connectivity index (χ3n) is 4.83. The zero-order valence-electron chi connectivity index (χ0n) is 12.2. The number of aromatic hydroxyl groups is 1. The average Bonchev–Trinajstić information content (AvgIpc) is 2.55.